The van der Waals surface area contributed by atoms with E-state index in [9.17, 15) is 9.59 Å². The first-order valence-electron chi connectivity index (χ1n) is 11.6. The third kappa shape index (κ3) is 9.29. The van der Waals surface area contributed by atoms with Crippen LogP contribution >= 0.6 is 0 Å². The van der Waals surface area contributed by atoms with Crippen molar-refractivity contribution in [3.63, 3.8) is 0 Å². The maximum atomic E-state index is 12.8. The van der Waals surface area contributed by atoms with Crippen LogP contribution in [0.2, 0.25) is 0 Å². The molecule has 0 radical (unpaired) electrons. The van der Waals surface area contributed by atoms with Crippen LogP contribution in [-0.2, 0) is 20.7 Å². The molecule has 0 bridgehead atoms. The molecule has 2 rings (SSSR count). The monoisotopic (exact) mass is 462 g/mol. The molecule has 1 aliphatic rings. The average molecular weight is 463 g/mol. The lowest BCUT2D eigenvalue weighted by Gasteiger charge is -2.24. The molecule has 1 aliphatic carbocycles. The fourth-order valence-corrected chi connectivity index (χ4v) is 4.07. The molecule has 9 nitrogen and oxygen atoms in total. The lowest BCUT2D eigenvalue weighted by molar-refractivity contribution is -0.123. The molecule has 1 fully saturated rings. The molecule has 1 aromatic carbocycles. The number of ether oxygens (including phenoxy) is 3. The van der Waals surface area contributed by atoms with Gasteiger partial charge in [-0.15, -0.1) is 0 Å². The molecule has 33 heavy (non-hydrogen) atoms. The lowest BCUT2D eigenvalue weighted by Crippen LogP contribution is -2.42. The Kier molecular flexibility index (Phi) is 11.5. The van der Waals surface area contributed by atoms with Crippen molar-refractivity contribution in [3.8, 4) is 11.5 Å². The van der Waals surface area contributed by atoms with E-state index in [4.69, 9.17) is 19.9 Å². The van der Waals surface area contributed by atoms with Crippen LogP contribution in [0.25, 0.3) is 0 Å². The molecule has 4 N–H and O–H groups in total. The van der Waals surface area contributed by atoms with Crippen molar-refractivity contribution in [2.75, 3.05) is 34.5 Å². The number of guanidine groups is 1. The molecular weight excluding hydrogens is 424 g/mol. The molecule has 1 saturated carbocycles. The van der Waals surface area contributed by atoms with Gasteiger partial charge in [-0.25, -0.2) is 4.99 Å². The molecule has 2 amide bonds. The van der Waals surface area contributed by atoms with Gasteiger partial charge < -0.3 is 25.3 Å². The van der Waals surface area contributed by atoms with Crippen LogP contribution in [0.4, 0.5) is 0 Å². The molecule has 0 aromatic heterocycles. The van der Waals surface area contributed by atoms with E-state index in [-0.39, 0.29) is 24.2 Å². The summed E-state index contributed by atoms with van der Waals surface area (Å²) in [7, 11) is 4.72. The van der Waals surface area contributed by atoms with E-state index in [2.05, 4.69) is 15.6 Å². The van der Waals surface area contributed by atoms with Crippen LogP contribution in [0, 0.1) is 5.92 Å². The topological polar surface area (TPSA) is 124 Å². The summed E-state index contributed by atoms with van der Waals surface area (Å²) in [5.74, 6) is 1.03. The van der Waals surface area contributed by atoms with E-state index in [1.807, 2.05) is 0 Å². The van der Waals surface area contributed by atoms with Crippen LogP contribution in [-0.4, -0.2) is 58.3 Å². The number of benzene rings is 1. The highest BCUT2D eigenvalue weighted by atomic mass is 16.5. The van der Waals surface area contributed by atoms with Gasteiger partial charge in [0.25, 0.3) is 0 Å². The highest BCUT2D eigenvalue weighted by Gasteiger charge is 2.24. The van der Waals surface area contributed by atoms with E-state index in [1.54, 1.807) is 39.5 Å². The minimum atomic E-state index is -0.628. The van der Waals surface area contributed by atoms with Crippen LogP contribution in [0.5, 0.6) is 11.5 Å². The number of methoxy groups -OCH3 is 3. The van der Waals surface area contributed by atoms with E-state index in [0.717, 1.165) is 24.8 Å². The van der Waals surface area contributed by atoms with Crippen molar-refractivity contribution >= 4 is 17.8 Å². The molecule has 0 spiro atoms. The van der Waals surface area contributed by atoms with Crippen LogP contribution in [0.1, 0.15) is 50.5 Å². The standard InChI is InChI=1S/C24H38N4O5/c1-31-13-7-12-26-23(30)19(14-17-8-5-4-6-9-17)27-24(25)28-22(29)16-18-10-11-20(32-2)21(15-18)33-3/h10-11,15,17,19H,4-9,12-14,16H2,1-3H3,(H,26,30)(H3,25,27,28,29)/t19-/m1/s1. The van der Waals surface area contributed by atoms with Crippen molar-refractivity contribution in [2.24, 2.45) is 16.6 Å². The molecule has 184 valence electrons. The highest BCUT2D eigenvalue weighted by molar-refractivity contribution is 5.98. The van der Waals surface area contributed by atoms with Crippen LogP contribution in [0.15, 0.2) is 23.2 Å². The SMILES string of the molecule is COCCCNC(=O)[C@@H](CC1CCCCC1)N=C(N)NC(=O)Cc1ccc(OC)c(OC)c1. The predicted molar refractivity (Wildman–Crippen MR) is 127 cm³/mol. The number of hydrogen-bond acceptors (Lipinski definition) is 6. The molecule has 0 heterocycles. The third-order valence-corrected chi connectivity index (χ3v) is 5.78. The van der Waals surface area contributed by atoms with Gasteiger partial charge in [0.2, 0.25) is 11.8 Å². The fraction of sp³-hybridized carbons (Fsp3) is 0.625. The van der Waals surface area contributed by atoms with Crippen molar-refractivity contribution in [2.45, 2.75) is 57.4 Å². The fourth-order valence-electron chi connectivity index (χ4n) is 4.07. The number of amides is 2. The number of nitrogens with two attached hydrogens (primary N) is 1. The van der Waals surface area contributed by atoms with E-state index in [0.29, 0.717) is 37.0 Å². The first-order chi connectivity index (χ1) is 16.0. The van der Waals surface area contributed by atoms with Crippen molar-refractivity contribution in [1.29, 1.82) is 0 Å². The van der Waals surface area contributed by atoms with Crippen LogP contribution < -0.4 is 25.8 Å². The van der Waals surface area contributed by atoms with Gasteiger partial charge >= 0.3 is 0 Å². The normalized spacial score (nSPS) is 15.5. The second kappa shape index (κ2) is 14.4. The Bertz CT molecular complexity index is 793. The molecule has 9 heteroatoms. The first kappa shape index (κ1) is 26.4. The summed E-state index contributed by atoms with van der Waals surface area (Å²) in [4.78, 5) is 29.7. The van der Waals surface area contributed by atoms with E-state index >= 15 is 0 Å². The molecule has 0 saturated heterocycles. The summed E-state index contributed by atoms with van der Waals surface area (Å²) in [6.45, 7) is 1.08. The number of aliphatic imine (C=N–C) groups is 1. The summed E-state index contributed by atoms with van der Waals surface area (Å²) in [5.41, 5.74) is 6.77. The van der Waals surface area contributed by atoms with Gasteiger partial charge in [-0.05, 0) is 36.5 Å². The maximum Gasteiger partial charge on any atom is 0.244 e. The highest BCUT2D eigenvalue weighted by Crippen LogP contribution is 2.29. The predicted octanol–water partition coefficient (Wildman–Crippen LogP) is 2.17. The van der Waals surface area contributed by atoms with E-state index in [1.165, 1.54) is 19.3 Å². The number of hydrogen-bond donors (Lipinski definition) is 3. The number of carbonyl (C=O) groups is 2. The minimum absolute atomic E-state index is 0.0478. The number of nitrogens with one attached hydrogen (secondary N) is 2. The smallest absolute Gasteiger partial charge is 0.244 e. The average Bonchev–Trinajstić information content (AvgIpc) is 2.81. The van der Waals surface area contributed by atoms with Gasteiger partial charge in [0.1, 0.15) is 6.04 Å². The molecule has 1 atom stereocenters. The molecular formula is C24H38N4O5. The van der Waals surface area contributed by atoms with Crippen molar-refractivity contribution < 1.29 is 23.8 Å². The first-order valence-corrected chi connectivity index (χ1v) is 11.6. The summed E-state index contributed by atoms with van der Waals surface area (Å²) in [6.07, 6.45) is 7.21. The Morgan fingerprint density at radius 1 is 1.12 bits per heavy atom. The van der Waals surface area contributed by atoms with Gasteiger partial charge in [-0.3, -0.25) is 14.9 Å². The number of carbonyl (C=O) groups excluding carboxylic acids is 2. The Morgan fingerprint density at radius 2 is 1.85 bits per heavy atom. The zero-order chi connectivity index (χ0) is 24.1. The van der Waals surface area contributed by atoms with Crippen LogP contribution in [0.3, 0.4) is 0 Å². The summed E-state index contributed by atoms with van der Waals surface area (Å²) in [6, 6.07) is 4.64. The van der Waals surface area contributed by atoms with E-state index < -0.39 is 6.04 Å². The second-order valence-electron chi connectivity index (χ2n) is 8.32. The molecule has 0 aliphatic heterocycles. The van der Waals surface area contributed by atoms with Gasteiger partial charge in [-0.2, -0.15) is 0 Å². The van der Waals surface area contributed by atoms with Gasteiger partial charge in [-0.1, -0.05) is 38.2 Å². The Balaban J connectivity index is 2.00. The van der Waals surface area contributed by atoms with Crippen molar-refractivity contribution in [3.05, 3.63) is 23.8 Å². The Hall–Kier alpha value is -2.81. The minimum Gasteiger partial charge on any atom is -0.493 e. The summed E-state index contributed by atoms with van der Waals surface area (Å²) in [5, 5.41) is 5.52. The largest absolute Gasteiger partial charge is 0.493 e. The lowest BCUT2D eigenvalue weighted by atomic mass is 9.85. The zero-order valence-electron chi connectivity index (χ0n) is 20.0. The van der Waals surface area contributed by atoms with Crippen molar-refractivity contribution in [1.82, 2.24) is 10.6 Å². The second-order valence-corrected chi connectivity index (χ2v) is 8.32. The Morgan fingerprint density at radius 3 is 2.52 bits per heavy atom. The molecule has 1 aromatic rings. The Labute approximate surface area is 196 Å². The number of rotatable bonds is 12. The quantitative estimate of drug-likeness (QED) is 0.248. The summed E-state index contributed by atoms with van der Waals surface area (Å²) >= 11 is 0. The van der Waals surface area contributed by atoms with Gasteiger partial charge in [0.05, 0.1) is 20.6 Å². The summed E-state index contributed by atoms with van der Waals surface area (Å²) < 4.78 is 15.5. The van der Waals surface area contributed by atoms with Gasteiger partial charge in [0.15, 0.2) is 17.5 Å². The number of nitrogens with zero attached hydrogens (tertiary/aromatic N) is 1. The van der Waals surface area contributed by atoms with Gasteiger partial charge in [0, 0.05) is 20.3 Å². The zero-order valence-corrected chi connectivity index (χ0v) is 20.0. The molecule has 0 unspecified atom stereocenters. The third-order valence-electron chi connectivity index (χ3n) is 5.78. The maximum absolute atomic E-state index is 12.8.